The lowest BCUT2D eigenvalue weighted by molar-refractivity contribution is -0.870. The molecular weight excluding hydrogens is 780 g/mol. The second-order valence-electron chi connectivity index (χ2n) is 19.6. The minimum absolute atomic E-state index is 0.0649. The van der Waals surface area contributed by atoms with Gasteiger partial charge in [0, 0.05) is 6.42 Å². The summed E-state index contributed by atoms with van der Waals surface area (Å²) < 4.78 is 23.6. The summed E-state index contributed by atoms with van der Waals surface area (Å²) in [5, 5.41) is 13.9. The third-order valence-corrected chi connectivity index (χ3v) is 13.2. The summed E-state index contributed by atoms with van der Waals surface area (Å²) in [4.78, 5) is 23.2. The normalized spacial score (nSPS) is 14.1. The van der Waals surface area contributed by atoms with Crippen LogP contribution in [-0.4, -0.2) is 73.4 Å². The molecule has 0 spiro atoms. The lowest BCUT2D eigenvalue weighted by Crippen LogP contribution is -2.45. The topological polar surface area (TPSA) is 105 Å². The van der Waals surface area contributed by atoms with Gasteiger partial charge in [-0.2, -0.15) is 0 Å². The zero-order valence-corrected chi connectivity index (χ0v) is 42.3. The van der Waals surface area contributed by atoms with Crippen LogP contribution in [0, 0.1) is 0 Å². The molecule has 0 heterocycles. The van der Waals surface area contributed by atoms with Gasteiger partial charge in [0.05, 0.1) is 39.9 Å². The van der Waals surface area contributed by atoms with Gasteiger partial charge in [-0.05, 0) is 19.3 Å². The Bertz CT molecular complexity index is 1000. The fourth-order valence-electron chi connectivity index (χ4n) is 8.04. The number of quaternary nitrogens is 1. The highest BCUT2D eigenvalue weighted by Gasteiger charge is 2.27. The Kier molecular flexibility index (Phi) is 43.9. The molecule has 0 bridgehead atoms. The standard InChI is InChI=1S/C52H105N2O6P/c1-6-8-10-12-14-16-18-20-22-23-24-25-26-27-28-29-30-31-32-33-35-37-39-41-43-45-51(55)50(49-60-61(57,58)59-48-47-54(3,4)5)53-52(56)46-44-42-40-38-36-34-21-19-17-15-13-11-9-7-2/h43,45,50-51,55H,6-42,44,46-49H2,1-5H3,(H-,53,56,57,58)/p+1/b45-43+. The number of allylic oxidation sites excluding steroid dienone is 1. The van der Waals surface area contributed by atoms with Gasteiger partial charge in [-0.1, -0.05) is 251 Å². The number of amides is 1. The lowest BCUT2D eigenvalue weighted by atomic mass is 10.0. The number of phosphoric acid groups is 1. The fourth-order valence-corrected chi connectivity index (χ4v) is 8.78. The van der Waals surface area contributed by atoms with Gasteiger partial charge in [0.15, 0.2) is 0 Å². The molecule has 0 aromatic carbocycles. The molecule has 0 saturated heterocycles. The zero-order valence-electron chi connectivity index (χ0n) is 41.4. The van der Waals surface area contributed by atoms with Crippen molar-refractivity contribution in [2.75, 3.05) is 40.9 Å². The van der Waals surface area contributed by atoms with E-state index in [1.807, 2.05) is 27.2 Å². The second kappa shape index (κ2) is 44.4. The number of likely N-dealkylation sites (N-methyl/N-ethyl adjacent to an activating group) is 1. The van der Waals surface area contributed by atoms with Crippen LogP contribution >= 0.6 is 7.82 Å². The molecule has 0 saturated carbocycles. The number of carbonyl (C=O) groups excluding carboxylic acids is 1. The van der Waals surface area contributed by atoms with Gasteiger partial charge in [0.1, 0.15) is 13.2 Å². The van der Waals surface area contributed by atoms with E-state index in [0.29, 0.717) is 17.4 Å². The summed E-state index contributed by atoms with van der Waals surface area (Å²) >= 11 is 0. The number of hydrogen-bond donors (Lipinski definition) is 3. The Hall–Kier alpha value is -0.760. The quantitative estimate of drug-likeness (QED) is 0.0243. The predicted molar refractivity (Wildman–Crippen MR) is 263 cm³/mol. The van der Waals surface area contributed by atoms with E-state index in [9.17, 15) is 19.4 Å². The van der Waals surface area contributed by atoms with Crippen molar-refractivity contribution in [3.8, 4) is 0 Å². The molecule has 61 heavy (non-hydrogen) atoms. The van der Waals surface area contributed by atoms with E-state index in [-0.39, 0.29) is 19.1 Å². The molecule has 0 rings (SSSR count). The fraction of sp³-hybridized carbons (Fsp3) is 0.942. The van der Waals surface area contributed by atoms with Crippen molar-refractivity contribution in [1.29, 1.82) is 0 Å². The molecule has 9 heteroatoms. The van der Waals surface area contributed by atoms with Gasteiger partial charge < -0.3 is 19.8 Å². The van der Waals surface area contributed by atoms with Gasteiger partial charge >= 0.3 is 7.82 Å². The monoisotopic (exact) mass is 886 g/mol. The number of phosphoric ester groups is 1. The molecular formula is C52H106N2O6P+. The van der Waals surface area contributed by atoms with Crippen LogP contribution in [0.3, 0.4) is 0 Å². The van der Waals surface area contributed by atoms with E-state index < -0.39 is 20.0 Å². The first-order valence-electron chi connectivity index (χ1n) is 26.6. The van der Waals surface area contributed by atoms with Crippen LogP contribution in [-0.2, 0) is 18.4 Å². The van der Waals surface area contributed by atoms with Crippen molar-refractivity contribution in [3.05, 3.63) is 12.2 Å². The number of nitrogens with one attached hydrogen (secondary N) is 1. The van der Waals surface area contributed by atoms with Crippen LogP contribution in [0.2, 0.25) is 0 Å². The molecule has 0 aliphatic rings. The number of nitrogens with zero attached hydrogens (tertiary/aromatic N) is 1. The van der Waals surface area contributed by atoms with Gasteiger partial charge in [-0.15, -0.1) is 0 Å². The number of aliphatic hydroxyl groups is 1. The van der Waals surface area contributed by atoms with Crippen molar-refractivity contribution in [1.82, 2.24) is 5.32 Å². The van der Waals surface area contributed by atoms with Crippen molar-refractivity contribution in [2.45, 2.75) is 276 Å². The Balaban J connectivity index is 4.20. The average Bonchev–Trinajstić information content (AvgIpc) is 3.21. The molecule has 0 fully saturated rings. The molecule has 0 aromatic rings. The minimum atomic E-state index is -4.34. The highest BCUT2D eigenvalue weighted by Crippen LogP contribution is 2.43. The van der Waals surface area contributed by atoms with E-state index in [1.165, 1.54) is 212 Å². The number of unbranched alkanes of at least 4 members (excludes halogenated alkanes) is 36. The van der Waals surface area contributed by atoms with E-state index >= 15 is 0 Å². The van der Waals surface area contributed by atoms with Gasteiger partial charge in [0.25, 0.3) is 0 Å². The van der Waals surface area contributed by atoms with Crippen LogP contribution in [0.5, 0.6) is 0 Å². The summed E-state index contributed by atoms with van der Waals surface area (Å²) in [6, 6.07) is -0.841. The summed E-state index contributed by atoms with van der Waals surface area (Å²) in [6.07, 6.45) is 53.0. The predicted octanol–water partition coefficient (Wildman–Crippen LogP) is 15.5. The zero-order chi connectivity index (χ0) is 45.0. The maximum Gasteiger partial charge on any atom is 0.472 e. The molecule has 3 N–H and O–H groups in total. The average molecular weight is 886 g/mol. The van der Waals surface area contributed by atoms with Crippen LogP contribution in [0.1, 0.15) is 264 Å². The molecule has 364 valence electrons. The van der Waals surface area contributed by atoms with E-state index in [2.05, 4.69) is 19.2 Å². The molecule has 3 unspecified atom stereocenters. The third kappa shape index (κ3) is 47.0. The molecule has 0 aliphatic carbocycles. The number of aliphatic hydroxyl groups excluding tert-OH is 1. The summed E-state index contributed by atoms with van der Waals surface area (Å²) in [5.74, 6) is -0.173. The van der Waals surface area contributed by atoms with Crippen molar-refractivity contribution >= 4 is 13.7 Å². The molecule has 8 nitrogen and oxygen atoms in total. The van der Waals surface area contributed by atoms with Crippen molar-refractivity contribution < 1.29 is 32.9 Å². The first kappa shape index (κ1) is 60.2. The smallest absolute Gasteiger partial charge is 0.387 e. The third-order valence-electron chi connectivity index (χ3n) is 12.3. The summed E-state index contributed by atoms with van der Waals surface area (Å²) in [6.45, 7) is 4.85. The Labute approximate surface area is 380 Å². The maximum absolute atomic E-state index is 12.9. The van der Waals surface area contributed by atoms with E-state index in [0.717, 1.165) is 32.1 Å². The van der Waals surface area contributed by atoms with Crippen LogP contribution in [0.4, 0.5) is 0 Å². The number of carbonyl (C=O) groups is 1. The molecule has 0 aliphatic heterocycles. The van der Waals surface area contributed by atoms with Crippen LogP contribution in [0.15, 0.2) is 12.2 Å². The van der Waals surface area contributed by atoms with Gasteiger partial charge in [0.2, 0.25) is 5.91 Å². The Morgan fingerprint density at radius 2 is 0.869 bits per heavy atom. The number of hydrogen-bond acceptors (Lipinski definition) is 5. The SMILES string of the molecule is CCCCCCCCCCCCCCCCCCCCCCCCC/C=C/C(O)C(COP(=O)(O)OCC[N+](C)(C)C)NC(=O)CCCCCCCCCCCCCCCC. The Morgan fingerprint density at radius 1 is 0.541 bits per heavy atom. The summed E-state index contributed by atoms with van der Waals surface area (Å²) in [5.41, 5.74) is 0. The first-order valence-corrected chi connectivity index (χ1v) is 28.1. The first-order chi connectivity index (χ1) is 29.5. The highest BCUT2D eigenvalue weighted by molar-refractivity contribution is 7.47. The molecule has 3 atom stereocenters. The van der Waals surface area contributed by atoms with Gasteiger partial charge in [-0.3, -0.25) is 13.8 Å². The Morgan fingerprint density at radius 3 is 1.21 bits per heavy atom. The lowest BCUT2D eigenvalue weighted by Gasteiger charge is -2.25. The van der Waals surface area contributed by atoms with E-state index in [4.69, 9.17) is 9.05 Å². The minimum Gasteiger partial charge on any atom is -0.387 e. The number of rotatable bonds is 49. The molecule has 1 amide bonds. The van der Waals surface area contributed by atoms with Crippen LogP contribution in [0.25, 0.3) is 0 Å². The summed E-state index contributed by atoms with van der Waals surface area (Å²) in [7, 11) is 1.59. The van der Waals surface area contributed by atoms with Gasteiger partial charge in [-0.25, -0.2) is 4.57 Å². The van der Waals surface area contributed by atoms with Crippen molar-refractivity contribution in [3.63, 3.8) is 0 Å². The highest BCUT2D eigenvalue weighted by atomic mass is 31.2. The molecule has 0 radical (unpaired) electrons. The maximum atomic E-state index is 12.9. The second-order valence-corrected chi connectivity index (χ2v) is 21.1. The largest absolute Gasteiger partial charge is 0.472 e. The van der Waals surface area contributed by atoms with Crippen LogP contribution < -0.4 is 5.32 Å². The van der Waals surface area contributed by atoms with Crippen molar-refractivity contribution in [2.24, 2.45) is 0 Å². The molecule has 0 aromatic heterocycles. The van der Waals surface area contributed by atoms with E-state index in [1.54, 1.807) is 6.08 Å².